The van der Waals surface area contributed by atoms with Gasteiger partial charge in [0.1, 0.15) is 22.5 Å². The Labute approximate surface area is 159 Å². The van der Waals surface area contributed by atoms with Crippen molar-refractivity contribution in [2.45, 2.75) is 20.8 Å². The fourth-order valence-electron chi connectivity index (χ4n) is 2.48. The van der Waals surface area contributed by atoms with Gasteiger partial charge in [0.15, 0.2) is 0 Å². The first-order valence-electron chi connectivity index (χ1n) is 8.34. The molecule has 0 saturated heterocycles. The van der Waals surface area contributed by atoms with Crippen molar-refractivity contribution < 1.29 is 33.2 Å². The molecule has 1 heterocycles. The summed E-state index contributed by atoms with van der Waals surface area (Å²) in [5.41, 5.74) is -1.16. The van der Waals surface area contributed by atoms with Crippen LogP contribution in [0, 0.1) is 17.0 Å². The van der Waals surface area contributed by atoms with Crippen LogP contribution in [0.5, 0.6) is 0 Å². The first kappa shape index (κ1) is 20.6. The van der Waals surface area contributed by atoms with Gasteiger partial charge in [-0.15, -0.1) is 0 Å². The summed E-state index contributed by atoms with van der Waals surface area (Å²) in [7, 11) is 0. The van der Waals surface area contributed by atoms with Crippen molar-refractivity contribution in [1.29, 1.82) is 0 Å². The van der Waals surface area contributed by atoms with Crippen molar-refractivity contribution in [3.8, 4) is 0 Å². The minimum Gasteiger partial charge on any atom is -0.462 e. The molecule has 1 aromatic carbocycles. The summed E-state index contributed by atoms with van der Waals surface area (Å²) in [5, 5.41) is 13.4. The summed E-state index contributed by atoms with van der Waals surface area (Å²) < 4.78 is 15.2. The van der Waals surface area contributed by atoms with E-state index in [9.17, 15) is 24.5 Å². The fourth-order valence-corrected chi connectivity index (χ4v) is 2.48. The molecular formula is C18H18N2O8. The molecule has 10 heteroatoms. The van der Waals surface area contributed by atoms with Crippen molar-refractivity contribution >= 4 is 29.4 Å². The lowest BCUT2D eigenvalue weighted by Gasteiger charge is -2.07. The molecule has 0 atom stereocenters. The number of amides is 1. The molecule has 0 aliphatic carbocycles. The molecule has 0 radical (unpaired) electrons. The van der Waals surface area contributed by atoms with E-state index in [1.54, 1.807) is 13.8 Å². The van der Waals surface area contributed by atoms with E-state index in [0.29, 0.717) is 0 Å². The molecule has 0 aliphatic rings. The third-order valence-electron chi connectivity index (χ3n) is 3.62. The molecule has 0 unspecified atom stereocenters. The summed E-state index contributed by atoms with van der Waals surface area (Å²) in [6.45, 7) is 4.65. The number of anilines is 1. The Bertz CT molecular complexity index is 932. The second-order valence-corrected chi connectivity index (χ2v) is 5.41. The van der Waals surface area contributed by atoms with E-state index in [1.807, 2.05) is 0 Å². The van der Waals surface area contributed by atoms with Gasteiger partial charge in [-0.25, -0.2) is 9.59 Å². The number of carbonyl (C=O) groups is 3. The maximum Gasteiger partial charge on any atom is 0.344 e. The smallest absolute Gasteiger partial charge is 0.344 e. The van der Waals surface area contributed by atoms with Crippen LogP contribution >= 0.6 is 0 Å². The minimum absolute atomic E-state index is 0.0167. The number of furan rings is 1. The highest BCUT2D eigenvalue weighted by Crippen LogP contribution is 2.30. The number of aryl methyl sites for hydroxylation is 1. The first-order chi connectivity index (χ1) is 13.3. The molecule has 0 aliphatic heterocycles. The zero-order valence-corrected chi connectivity index (χ0v) is 15.4. The Kier molecular flexibility index (Phi) is 6.48. The molecule has 2 aromatic rings. The number of benzene rings is 1. The molecule has 1 aromatic heterocycles. The topological polar surface area (TPSA) is 138 Å². The van der Waals surface area contributed by atoms with Gasteiger partial charge in [-0.3, -0.25) is 20.2 Å². The van der Waals surface area contributed by atoms with E-state index in [4.69, 9.17) is 13.9 Å². The van der Waals surface area contributed by atoms with Gasteiger partial charge >= 0.3 is 11.9 Å². The Morgan fingerprint density at radius 1 is 1.07 bits per heavy atom. The minimum atomic E-state index is -0.903. The predicted molar refractivity (Wildman–Crippen MR) is 96.4 cm³/mol. The Hall–Kier alpha value is -3.69. The van der Waals surface area contributed by atoms with Crippen LogP contribution in [-0.2, 0) is 9.47 Å². The number of nitro benzene ring substituents is 1. The van der Waals surface area contributed by atoms with E-state index in [1.165, 1.54) is 31.2 Å². The summed E-state index contributed by atoms with van der Waals surface area (Å²) >= 11 is 0. The molecule has 0 fully saturated rings. The van der Waals surface area contributed by atoms with Crippen LogP contribution in [0.3, 0.4) is 0 Å². The number of carbonyl (C=O) groups excluding carboxylic acids is 3. The lowest BCUT2D eigenvalue weighted by atomic mass is 10.1. The normalized spacial score (nSPS) is 10.2. The second kappa shape index (κ2) is 8.80. The van der Waals surface area contributed by atoms with Crippen LogP contribution in [-0.4, -0.2) is 36.0 Å². The standard InChI is InChI=1S/C18H18N2O8/c1-4-26-17(22)13-10(3)28-16(14(13)18(23)27-5-2)19-15(21)11-8-6-7-9-12(11)20(24)25/h6-9H,4-5H2,1-3H3,(H,19,21). The lowest BCUT2D eigenvalue weighted by Crippen LogP contribution is -2.18. The van der Waals surface area contributed by atoms with Crippen LogP contribution in [0.25, 0.3) is 0 Å². The molecule has 10 nitrogen and oxygen atoms in total. The number of rotatable bonds is 7. The highest BCUT2D eigenvalue weighted by atomic mass is 16.6. The van der Waals surface area contributed by atoms with Gasteiger partial charge in [0.05, 0.1) is 18.1 Å². The molecule has 1 N–H and O–H groups in total. The van der Waals surface area contributed by atoms with Crippen molar-refractivity contribution in [1.82, 2.24) is 0 Å². The predicted octanol–water partition coefficient (Wildman–Crippen LogP) is 3.10. The number of hydrogen-bond donors (Lipinski definition) is 1. The lowest BCUT2D eigenvalue weighted by molar-refractivity contribution is -0.385. The number of para-hydroxylation sites is 1. The van der Waals surface area contributed by atoms with Gasteiger partial charge in [-0.05, 0) is 26.8 Å². The fraction of sp³-hybridized carbons (Fsp3) is 0.278. The molecule has 2 rings (SSSR count). The molecular weight excluding hydrogens is 372 g/mol. The summed E-state index contributed by atoms with van der Waals surface area (Å²) in [6, 6.07) is 5.28. The third-order valence-corrected chi connectivity index (χ3v) is 3.62. The summed E-state index contributed by atoms with van der Waals surface area (Å²) in [6.07, 6.45) is 0. The maximum atomic E-state index is 12.5. The maximum absolute atomic E-state index is 12.5. The van der Waals surface area contributed by atoms with E-state index in [2.05, 4.69) is 5.32 Å². The van der Waals surface area contributed by atoms with Crippen LogP contribution in [0.15, 0.2) is 28.7 Å². The molecule has 0 bridgehead atoms. The van der Waals surface area contributed by atoms with Crippen LogP contribution in [0.2, 0.25) is 0 Å². The van der Waals surface area contributed by atoms with Crippen LogP contribution in [0.4, 0.5) is 11.6 Å². The van der Waals surface area contributed by atoms with Crippen LogP contribution in [0.1, 0.15) is 50.7 Å². The first-order valence-corrected chi connectivity index (χ1v) is 8.34. The highest BCUT2D eigenvalue weighted by Gasteiger charge is 2.32. The monoisotopic (exact) mass is 390 g/mol. The van der Waals surface area contributed by atoms with Gasteiger partial charge in [-0.2, -0.15) is 0 Å². The zero-order valence-electron chi connectivity index (χ0n) is 15.4. The van der Waals surface area contributed by atoms with Gasteiger partial charge in [-0.1, -0.05) is 12.1 Å². The Morgan fingerprint density at radius 2 is 1.64 bits per heavy atom. The van der Waals surface area contributed by atoms with E-state index < -0.39 is 28.5 Å². The number of nitrogens with one attached hydrogen (secondary N) is 1. The number of hydrogen-bond acceptors (Lipinski definition) is 8. The summed E-state index contributed by atoms with van der Waals surface area (Å²) in [4.78, 5) is 47.5. The van der Waals surface area contributed by atoms with Gasteiger partial charge < -0.3 is 13.9 Å². The zero-order chi connectivity index (χ0) is 20.8. The second-order valence-electron chi connectivity index (χ2n) is 5.41. The number of ether oxygens (including phenoxy) is 2. The largest absolute Gasteiger partial charge is 0.462 e. The van der Waals surface area contributed by atoms with Gasteiger partial charge in [0.25, 0.3) is 11.6 Å². The Balaban J connectivity index is 2.50. The summed E-state index contributed by atoms with van der Waals surface area (Å²) in [5.74, 6) is -2.94. The van der Waals surface area contributed by atoms with E-state index in [0.717, 1.165) is 0 Å². The van der Waals surface area contributed by atoms with Crippen molar-refractivity contribution in [3.63, 3.8) is 0 Å². The molecule has 0 spiro atoms. The van der Waals surface area contributed by atoms with Crippen molar-refractivity contribution in [3.05, 3.63) is 56.8 Å². The number of esters is 2. The van der Waals surface area contributed by atoms with Crippen molar-refractivity contribution in [2.24, 2.45) is 0 Å². The SMILES string of the molecule is CCOC(=O)c1c(C)oc(NC(=O)c2ccccc2[N+](=O)[O-])c1C(=O)OCC. The van der Waals surface area contributed by atoms with Gasteiger partial charge in [0, 0.05) is 6.07 Å². The molecule has 28 heavy (non-hydrogen) atoms. The van der Waals surface area contributed by atoms with Gasteiger partial charge in [0.2, 0.25) is 5.88 Å². The highest BCUT2D eigenvalue weighted by molar-refractivity contribution is 6.12. The van der Waals surface area contributed by atoms with E-state index in [-0.39, 0.29) is 41.5 Å². The average molecular weight is 390 g/mol. The van der Waals surface area contributed by atoms with Crippen LogP contribution < -0.4 is 5.32 Å². The quantitative estimate of drug-likeness (QED) is 0.432. The Morgan fingerprint density at radius 3 is 2.21 bits per heavy atom. The number of nitro groups is 1. The average Bonchev–Trinajstić information content (AvgIpc) is 2.97. The third kappa shape index (κ3) is 4.17. The van der Waals surface area contributed by atoms with Crippen molar-refractivity contribution in [2.75, 3.05) is 18.5 Å². The molecule has 148 valence electrons. The van der Waals surface area contributed by atoms with E-state index >= 15 is 0 Å². The number of nitrogens with zero attached hydrogens (tertiary/aromatic N) is 1. The molecule has 0 saturated carbocycles. The molecule has 1 amide bonds.